The third-order valence-electron chi connectivity index (χ3n) is 2.59. The molecule has 1 N–H and O–H groups in total. The minimum absolute atomic E-state index is 0.0395. The molecule has 1 aliphatic rings. The number of halogens is 2. The van der Waals surface area contributed by atoms with Crippen LogP contribution in [-0.4, -0.2) is 41.3 Å². The summed E-state index contributed by atoms with van der Waals surface area (Å²) in [5.74, 6) is -0.472. The summed E-state index contributed by atoms with van der Waals surface area (Å²) in [7, 11) is 0. The number of nitrogens with one attached hydrogen (secondary N) is 1. The van der Waals surface area contributed by atoms with E-state index in [9.17, 15) is 9.59 Å². The van der Waals surface area contributed by atoms with E-state index in [4.69, 9.17) is 23.2 Å². The summed E-state index contributed by atoms with van der Waals surface area (Å²) in [4.78, 5) is 28.9. The second kappa shape index (κ2) is 5.54. The van der Waals surface area contributed by atoms with Gasteiger partial charge < -0.3 is 10.2 Å². The van der Waals surface area contributed by atoms with Gasteiger partial charge in [0.25, 0.3) is 5.91 Å². The molecule has 0 aliphatic carbocycles. The molecular formula is C11H11Cl2N3O2. The van der Waals surface area contributed by atoms with Crippen LogP contribution in [0.5, 0.6) is 0 Å². The summed E-state index contributed by atoms with van der Waals surface area (Å²) in [6.45, 7) is 1.13. The third-order valence-corrected chi connectivity index (χ3v) is 3.09. The van der Waals surface area contributed by atoms with Crippen molar-refractivity contribution in [2.24, 2.45) is 0 Å². The van der Waals surface area contributed by atoms with E-state index in [1.165, 1.54) is 17.0 Å². The van der Waals surface area contributed by atoms with Crippen molar-refractivity contribution in [3.63, 3.8) is 0 Å². The molecule has 1 aromatic rings. The fourth-order valence-electron chi connectivity index (χ4n) is 1.72. The predicted molar refractivity (Wildman–Crippen MR) is 67.8 cm³/mol. The molecule has 0 aromatic carbocycles. The lowest BCUT2D eigenvalue weighted by molar-refractivity contribution is -0.121. The number of hydrogen-bond acceptors (Lipinski definition) is 3. The van der Waals surface area contributed by atoms with Crippen molar-refractivity contribution in [1.82, 2.24) is 15.2 Å². The van der Waals surface area contributed by atoms with Crippen molar-refractivity contribution in [1.29, 1.82) is 0 Å². The molecule has 0 bridgehead atoms. The Kier molecular flexibility index (Phi) is 4.04. The largest absolute Gasteiger partial charge is 0.354 e. The molecule has 0 saturated carbocycles. The van der Waals surface area contributed by atoms with Crippen LogP contribution in [0.2, 0.25) is 10.3 Å². The van der Waals surface area contributed by atoms with Crippen LogP contribution in [-0.2, 0) is 4.79 Å². The normalized spacial score (nSPS) is 16.1. The highest BCUT2D eigenvalue weighted by Crippen LogP contribution is 2.18. The molecule has 2 amide bonds. The lowest BCUT2D eigenvalue weighted by Gasteiger charge is -2.19. The monoisotopic (exact) mass is 287 g/mol. The SMILES string of the molecule is O=C1CN(C(=O)c2ccc(Cl)nc2Cl)CCCN1. The van der Waals surface area contributed by atoms with E-state index in [0.29, 0.717) is 13.1 Å². The van der Waals surface area contributed by atoms with Crippen molar-refractivity contribution >= 4 is 35.0 Å². The van der Waals surface area contributed by atoms with Gasteiger partial charge in [0, 0.05) is 13.1 Å². The van der Waals surface area contributed by atoms with Crippen LogP contribution >= 0.6 is 23.2 Å². The second-order valence-electron chi connectivity index (χ2n) is 3.90. The maximum Gasteiger partial charge on any atom is 0.257 e. The number of rotatable bonds is 1. The van der Waals surface area contributed by atoms with Gasteiger partial charge in [-0.25, -0.2) is 4.98 Å². The van der Waals surface area contributed by atoms with Crippen LogP contribution in [0.15, 0.2) is 12.1 Å². The van der Waals surface area contributed by atoms with E-state index in [2.05, 4.69) is 10.3 Å². The molecule has 1 aliphatic heterocycles. The molecule has 1 aromatic heterocycles. The van der Waals surface area contributed by atoms with Gasteiger partial charge in [-0.05, 0) is 18.6 Å². The average Bonchev–Trinajstić information content (AvgIpc) is 2.53. The van der Waals surface area contributed by atoms with Crippen molar-refractivity contribution in [3.05, 3.63) is 28.0 Å². The predicted octanol–water partition coefficient (Wildman–Crippen LogP) is 1.35. The van der Waals surface area contributed by atoms with Gasteiger partial charge in [0.2, 0.25) is 5.91 Å². The molecule has 0 atom stereocenters. The highest BCUT2D eigenvalue weighted by molar-refractivity contribution is 6.34. The van der Waals surface area contributed by atoms with E-state index in [1.54, 1.807) is 0 Å². The summed E-state index contributed by atoms with van der Waals surface area (Å²) in [6.07, 6.45) is 0.718. The van der Waals surface area contributed by atoms with Gasteiger partial charge in [-0.15, -0.1) is 0 Å². The van der Waals surface area contributed by atoms with Crippen LogP contribution < -0.4 is 5.32 Å². The lowest BCUT2D eigenvalue weighted by atomic mass is 10.2. The number of carbonyl (C=O) groups excluding carboxylic acids is 2. The highest BCUT2D eigenvalue weighted by Gasteiger charge is 2.23. The molecule has 0 radical (unpaired) electrons. The quantitative estimate of drug-likeness (QED) is 0.793. The van der Waals surface area contributed by atoms with Crippen LogP contribution in [0, 0.1) is 0 Å². The number of aromatic nitrogens is 1. The fourth-order valence-corrected chi connectivity index (χ4v) is 2.15. The van der Waals surface area contributed by atoms with E-state index >= 15 is 0 Å². The molecule has 7 heteroatoms. The van der Waals surface area contributed by atoms with Gasteiger partial charge in [0.1, 0.15) is 10.3 Å². The summed E-state index contributed by atoms with van der Waals surface area (Å²) < 4.78 is 0. The van der Waals surface area contributed by atoms with Crippen LogP contribution in [0.1, 0.15) is 16.8 Å². The number of hydrogen-bond donors (Lipinski definition) is 1. The zero-order valence-corrected chi connectivity index (χ0v) is 11.0. The maximum atomic E-state index is 12.2. The van der Waals surface area contributed by atoms with Crippen LogP contribution in [0.4, 0.5) is 0 Å². The first-order valence-corrected chi connectivity index (χ1v) is 6.21. The Balaban J connectivity index is 2.21. The Bertz CT molecular complexity index is 493. The van der Waals surface area contributed by atoms with E-state index in [1.807, 2.05) is 0 Å². The fraction of sp³-hybridized carbons (Fsp3) is 0.364. The standard InChI is InChI=1S/C11H11Cl2N3O2/c12-8-3-2-7(10(13)15-8)11(18)16-5-1-4-14-9(17)6-16/h2-3H,1,4-6H2,(H,14,17). The molecule has 18 heavy (non-hydrogen) atoms. The molecule has 1 fully saturated rings. The van der Waals surface area contributed by atoms with Crippen LogP contribution in [0.3, 0.4) is 0 Å². The molecule has 0 spiro atoms. The highest BCUT2D eigenvalue weighted by atomic mass is 35.5. The lowest BCUT2D eigenvalue weighted by Crippen LogP contribution is -2.37. The van der Waals surface area contributed by atoms with Crippen molar-refractivity contribution in [2.45, 2.75) is 6.42 Å². The molecule has 0 unspecified atom stereocenters. The molecule has 2 heterocycles. The molecule has 96 valence electrons. The average molecular weight is 288 g/mol. The Morgan fingerprint density at radius 3 is 2.89 bits per heavy atom. The molecule has 1 saturated heterocycles. The van der Waals surface area contributed by atoms with E-state index < -0.39 is 0 Å². The molecule has 5 nitrogen and oxygen atoms in total. The zero-order valence-electron chi connectivity index (χ0n) is 9.45. The van der Waals surface area contributed by atoms with Crippen molar-refractivity contribution in [2.75, 3.05) is 19.6 Å². The Labute approximate surface area is 114 Å². The molecular weight excluding hydrogens is 277 g/mol. The Hall–Kier alpha value is -1.33. The topological polar surface area (TPSA) is 62.3 Å². The smallest absolute Gasteiger partial charge is 0.257 e. The van der Waals surface area contributed by atoms with Gasteiger partial charge in [-0.2, -0.15) is 0 Å². The number of amides is 2. The van der Waals surface area contributed by atoms with Crippen molar-refractivity contribution in [3.8, 4) is 0 Å². The number of pyridine rings is 1. The zero-order chi connectivity index (χ0) is 13.1. The Morgan fingerprint density at radius 1 is 1.39 bits per heavy atom. The third kappa shape index (κ3) is 2.91. The maximum absolute atomic E-state index is 12.2. The van der Waals surface area contributed by atoms with Gasteiger partial charge >= 0.3 is 0 Å². The van der Waals surface area contributed by atoms with Gasteiger partial charge in [0.15, 0.2) is 0 Å². The second-order valence-corrected chi connectivity index (χ2v) is 4.65. The number of nitrogens with zero attached hydrogens (tertiary/aromatic N) is 2. The summed E-state index contributed by atoms with van der Waals surface area (Å²) in [5.41, 5.74) is 0.260. The summed E-state index contributed by atoms with van der Waals surface area (Å²) in [6, 6.07) is 3.02. The van der Waals surface area contributed by atoms with Gasteiger partial charge in [0.05, 0.1) is 12.1 Å². The number of carbonyl (C=O) groups is 2. The first kappa shape index (κ1) is 13.1. The van der Waals surface area contributed by atoms with E-state index in [0.717, 1.165) is 6.42 Å². The van der Waals surface area contributed by atoms with E-state index in [-0.39, 0.29) is 34.2 Å². The van der Waals surface area contributed by atoms with Gasteiger partial charge in [-0.1, -0.05) is 23.2 Å². The minimum atomic E-state index is -0.304. The Morgan fingerprint density at radius 2 is 2.17 bits per heavy atom. The summed E-state index contributed by atoms with van der Waals surface area (Å²) in [5, 5.41) is 2.98. The summed E-state index contributed by atoms with van der Waals surface area (Å²) >= 11 is 11.5. The van der Waals surface area contributed by atoms with Gasteiger partial charge in [-0.3, -0.25) is 9.59 Å². The first-order valence-electron chi connectivity index (χ1n) is 5.46. The van der Waals surface area contributed by atoms with Crippen molar-refractivity contribution < 1.29 is 9.59 Å². The first-order chi connectivity index (χ1) is 8.58. The molecule has 2 rings (SSSR count). The van der Waals surface area contributed by atoms with Crippen LogP contribution in [0.25, 0.3) is 0 Å². The minimum Gasteiger partial charge on any atom is -0.354 e.